The maximum atomic E-state index is 6.27. The molecule has 0 heterocycles. The van der Waals surface area contributed by atoms with E-state index in [9.17, 15) is 0 Å². The molecule has 0 aromatic heterocycles. The summed E-state index contributed by atoms with van der Waals surface area (Å²) in [6.45, 7) is 2.09. The largest absolute Gasteiger partial charge is 0.356 e. The third kappa shape index (κ3) is 4.19. The minimum Gasteiger partial charge on any atom is -0.356 e. The molecule has 4 aromatic rings. The van der Waals surface area contributed by atoms with Crippen LogP contribution in [0.2, 0.25) is 5.02 Å². The van der Waals surface area contributed by atoms with Crippen molar-refractivity contribution in [3.63, 3.8) is 0 Å². The standard InChI is InChI=1S/C25H21ClN2/c1-19-10-14-23(15-11-19)28(25-9-5-6-20(26)18-25)24-16-12-22(13-17-24)27-21-7-3-2-4-8-21/h2-18,27H,1H3. The first kappa shape index (κ1) is 18.1. The molecular weight excluding hydrogens is 364 g/mol. The van der Waals surface area contributed by atoms with Gasteiger partial charge in [-0.15, -0.1) is 0 Å². The normalized spacial score (nSPS) is 10.5. The second-order valence-electron chi connectivity index (χ2n) is 6.69. The minimum atomic E-state index is 0.719. The first-order valence-corrected chi connectivity index (χ1v) is 9.61. The van der Waals surface area contributed by atoms with Crippen molar-refractivity contribution >= 4 is 40.0 Å². The van der Waals surface area contributed by atoms with E-state index in [2.05, 4.69) is 83.9 Å². The lowest BCUT2D eigenvalue weighted by Crippen LogP contribution is -2.09. The summed E-state index contributed by atoms with van der Waals surface area (Å²) >= 11 is 6.27. The lowest BCUT2D eigenvalue weighted by Gasteiger charge is -2.26. The van der Waals surface area contributed by atoms with Crippen LogP contribution < -0.4 is 10.2 Å². The predicted octanol–water partition coefficient (Wildman–Crippen LogP) is 7.86. The molecule has 0 amide bonds. The second-order valence-corrected chi connectivity index (χ2v) is 7.13. The third-order valence-electron chi connectivity index (χ3n) is 4.55. The van der Waals surface area contributed by atoms with Crippen LogP contribution in [0.1, 0.15) is 5.56 Å². The molecule has 0 aliphatic carbocycles. The lowest BCUT2D eigenvalue weighted by atomic mass is 10.1. The number of hydrogen-bond acceptors (Lipinski definition) is 2. The number of hydrogen-bond donors (Lipinski definition) is 1. The molecule has 0 fully saturated rings. The first-order valence-electron chi connectivity index (χ1n) is 9.23. The number of halogens is 1. The summed E-state index contributed by atoms with van der Waals surface area (Å²) < 4.78 is 0. The third-order valence-corrected chi connectivity index (χ3v) is 4.78. The average molecular weight is 385 g/mol. The summed E-state index contributed by atoms with van der Waals surface area (Å²) in [5.74, 6) is 0. The molecule has 0 aliphatic rings. The average Bonchev–Trinajstić information content (AvgIpc) is 2.72. The first-order chi connectivity index (χ1) is 13.7. The van der Waals surface area contributed by atoms with Crippen molar-refractivity contribution in [1.29, 1.82) is 0 Å². The highest BCUT2D eigenvalue weighted by Gasteiger charge is 2.12. The maximum Gasteiger partial charge on any atom is 0.0476 e. The molecule has 0 saturated heterocycles. The van der Waals surface area contributed by atoms with Gasteiger partial charge >= 0.3 is 0 Å². The Morgan fingerprint density at radius 1 is 0.607 bits per heavy atom. The topological polar surface area (TPSA) is 15.3 Å². The number of para-hydroxylation sites is 1. The summed E-state index contributed by atoms with van der Waals surface area (Å²) in [4.78, 5) is 2.21. The second kappa shape index (κ2) is 8.20. The predicted molar refractivity (Wildman–Crippen MR) is 121 cm³/mol. The van der Waals surface area contributed by atoms with Crippen molar-refractivity contribution in [1.82, 2.24) is 0 Å². The van der Waals surface area contributed by atoms with Crippen molar-refractivity contribution in [3.05, 3.63) is 114 Å². The molecule has 0 aliphatic heterocycles. The molecule has 0 unspecified atom stereocenters. The van der Waals surface area contributed by atoms with Crippen LogP contribution >= 0.6 is 11.6 Å². The van der Waals surface area contributed by atoms with E-state index in [-0.39, 0.29) is 0 Å². The fourth-order valence-corrected chi connectivity index (χ4v) is 3.32. The fourth-order valence-electron chi connectivity index (χ4n) is 3.14. The van der Waals surface area contributed by atoms with Crippen molar-refractivity contribution < 1.29 is 0 Å². The van der Waals surface area contributed by atoms with Gasteiger partial charge in [-0.1, -0.05) is 53.6 Å². The summed E-state index contributed by atoms with van der Waals surface area (Å²) in [5, 5.41) is 4.15. The van der Waals surface area contributed by atoms with Gasteiger partial charge in [0.05, 0.1) is 0 Å². The van der Waals surface area contributed by atoms with Gasteiger partial charge in [0, 0.05) is 33.5 Å². The molecule has 0 radical (unpaired) electrons. The summed E-state index contributed by atoms with van der Waals surface area (Å²) in [6, 6.07) is 35.0. The molecule has 0 spiro atoms. The molecule has 0 saturated carbocycles. The van der Waals surface area contributed by atoms with Crippen molar-refractivity contribution in [2.45, 2.75) is 6.92 Å². The van der Waals surface area contributed by atoms with Crippen LogP contribution in [0.4, 0.5) is 28.4 Å². The number of nitrogens with one attached hydrogen (secondary N) is 1. The monoisotopic (exact) mass is 384 g/mol. The van der Waals surface area contributed by atoms with Gasteiger partial charge in [-0.3, -0.25) is 0 Å². The molecule has 4 aromatic carbocycles. The molecule has 4 rings (SSSR count). The lowest BCUT2D eigenvalue weighted by molar-refractivity contribution is 1.27. The summed E-state index contributed by atoms with van der Waals surface area (Å²) in [6.07, 6.45) is 0. The van der Waals surface area contributed by atoms with Crippen molar-refractivity contribution in [3.8, 4) is 0 Å². The highest BCUT2D eigenvalue weighted by atomic mass is 35.5. The maximum absolute atomic E-state index is 6.27. The number of aryl methyl sites for hydroxylation is 1. The number of nitrogens with zero attached hydrogens (tertiary/aromatic N) is 1. The highest BCUT2D eigenvalue weighted by molar-refractivity contribution is 6.30. The zero-order valence-electron chi connectivity index (χ0n) is 15.6. The van der Waals surface area contributed by atoms with Gasteiger partial charge in [0.15, 0.2) is 0 Å². The zero-order valence-corrected chi connectivity index (χ0v) is 16.4. The van der Waals surface area contributed by atoms with E-state index >= 15 is 0 Å². The molecule has 1 N–H and O–H groups in total. The van der Waals surface area contributed by atoms with Crippen LogP contribution in [0, 0.1) is 6.92 Å². The van der Waals surface area contributed by atoms with E-state index in [1.165, 1.54) is 5.56 Å². The van der Waals surface area contributed by atoms with Crippen LogP contribution in [0.15, 0.2) is 103 Å². The van der Waals surface area contributed by atoms with Crippen LogP contribution in [0.5, 0.6) is 0 Å². The zero-order chi connectivity index (χ0) is 19.3. The van der Waals surface area contributed by atoms with Crippen molar-refractivity contribution in [2.24, 2.45) is 0 Å². The van der Waals surface area contributed by atoms with E-state index < -0.39 is 0 Å². The fraction of sp³-hybridized carbons (Fsp3) is 0.0400. The Balaban J connectivity index is 1.69. The molecule has 28 heavy (non-hydrogen) atoms. The van der Waals surface area contributed by atoms with Crippen LogP contribution in [0.25, 0.3) is 0 Å². The number of benzene rings is 4. The molecule has 138 valence electrons. The Labute approximate surface area is 171 Å². The van der Waals surface area contributed by atoms with E-state index in [0.29, 0.717) is 0 Å². The van der Waals surface area contributed by atoms with E-state index in [4.69, 9.17) is 11.6 Å². The van der Waals surface area contributed by atoms with Gasteiger partial charge in [-0.05, 0) is 73.7 Å². The molecule has 2 nitrogen and oxygen atoms in total. The van der Waals surface area contributed by atoms with E-state index in [1.54, 1.807) is 0 Å². The Bertz CT molecular complexity index is 1040. The van der Waals surface area contributed by atoms with Gasteiger partial charge < -0.3 is 10.2 Å². The molecule has 0 atom stereocenters. The van der Waals surface area contributed by atoms with E-state index in [1.807, 2.05) is 36.4 Å². The summed E-state index contributed by atoms with van der Waals surface area (Å²) in [7, 11) is 0. The quantitative estimate of drug-likeness (QED) is 0.376. The van der Waals surface area contributed by atoms with Crippen LogP contribution in [0.3, 0.4) is 0 Å². The van der Waals surface area contributed by atoms with Gasteiger partial charge in [0.25, 0.3) is 0 Å². The van der Waals surface area contributed by atoms with Gasteiger partial charge in [0.1, 0.15) is 0 Å². The van der Waals surface area contributed by atoms with Crippen molar-refractivity contribution in [2.75, 3.05) is 10.2 Å². The SMILES string of the molecule is Cc1ccc(N(c2ccc(Nc3ccccc3)cc2)c2cccc(Cl)c2)cc1. The van der Waals surface area contributed by atoms with Crippen LogP contribution in [-0.2, 0) is 0 Å². The summed E-state index contributed by atoms with van der Waals surface area (Å²) in [5.41, 5.74) is 6.55. The highest BCUT2D eigenvalue weighted by Crippen LogP contribution is 2.36. The smallest absolute Gasteiger partial charge is 0.0476 e. The van der Waals surface area contributed by atoms with Gasteiger partial charge in [-0.2, -0.15) is 0 Å². The molecular formula is C25H21ClN2. The van der Waals surface area contributed by atoms with Crippen LogP contribution in [-0.4, -0.2) is 0 Å². The van der Waals surface area contributed by atoms with E-state index in [0.717, 1.165) is 33.5 Å². The minimum absolute atomic E-state index is 0.719. The Kier molecular flexibility index (Phi) is 5.31. The Morgan fingerprint density at radius 3 is 1.86 bits per heavy atom. The Hall–Kier alpha value is -3.23. The van der Waals surface area contributed by atoms with Gasteiger partial charge in [0.2, 0.25) is 0 Å². The number of anilines is 5. The molecule has 0 bridgehead atoms. The number of rotatable bonds is 5. The Morgan fingerprint density at radius 2 is 1.21 bits per heavy atom. The molecule has 3 heteroatoms. The van der Waals surface area contributed by atoms with Gasteiger partial charge in [-0.25, -0.2) is 0 Å².